The van der Waals surface area contributed by atoms with Crippen LogP contribution in [0, 0.1) is 5.92 Å². The summed E-state index contributed by atoms with van der Waals surface area (Å²) in [7, 11) is 1.82. The highest BCUT2D eigenvalue weighted by atomic mass is 16.3. The Morgan fingerprint density at radius 1 is 0.609 bits per heavy atom. The maximum absolute atomic E-state index is 13.9. The van der Waals surface area contributed by atoms with Crippen LogP contribution >= 0.6 is 0 Å². The van der Waals surface area contributed by atoms with Crippen molar-refractivity contribution in [3.05, 3.63) is 168 Å². The Labute approximate surface area is 275 Å². The maximum Gasteiger partial charge on any atom is 0.225 e. The monoisotopic (exact) mass is 610 g/mol. The van der Waals surface area contributed by atoms with Crippen LogP contribution in [0.15, 0.2) is 146 Å². The van der Waals surface area contributed by atoms with Gasteiger partial charge >= 0.3 is 0 Å². The summed E-state index contributed by atoms with van der Waals surface area (Å²) in [6.45, 7) is 5.52. The third kappa shape index (κ3) is 8.81. The fourth-order valence-electron chi connectivity index (χ4n) is 6.25. The highest BCUT2D eigenvalue weighted by molar-refractivity contribution is 5.78. The van der Waals surface area contributed by atoms with Gasteiger partial charge in [-0.05, 0) is 53.1 Å². The molecule has 236 valence electrons. The van der Waals surface area contributed by atoms with Crippen molar-refractivity contribution >= 4 is 5.91 Å². The molecule has 0 aromatic heterocycles. The van der Waals surface area contributed by atoms with Gasteiger partial charge in [0.25, 0.3) is 0 Å². The number of nitrogens with zero attached hydrogens (tertiary/aromatic N) is 2. The average Bonchev–Trinajstić information content (AvgIpc) is 3.11. The molecule has 0 fully saturated rings. The van der Waals surface area contributed by atoms with Crippen LogP contribution in [0.4, 0.5) is 0 Å². The van der Waals surface area contributed by atoms with Crippen molar-refractivity contribution in [1.29, 1.82) is 0 Å². The summed E-state index contributed by atoms with van der Waals surface area (Å²) in [6.07, 6.45) is 0.754. The molecular formula is C42H46N2O2. The molecule has 4 heteroatoms. The van der Waals surface area contributed by atoms with E-state index < -0.39 is 6.10 Å². The number of carbonyl (C=O) groups is 1. The van der Waals surface area contributed by atoms with Gasteiger partial charge in [-0.2, -0.15) is 0 Å². The summed E-state index contributed by atoms with van der Waals surface area (Å²) in [5, 5.41) is 11.1. The minimum Gasteiger partial charge on any atom is -0.386 e. The van der Waals surface area contributed by atoms with E-state index in [0.29, 0.717) is 6.42 Å². The van der Waals surface area contributed by atoms with Gasteiger partial charge in [-0.3, -0.25) is 9.69 Å². The van der Waals surface area contributed by atoms with Gasteiger partial charge in [0, 0.05) is 32.1 Å². The van der Waals surface area contributed by atoms with Gasteiger partial charge in [-0.15, -0.1) is 0 Å². The number of aliphatic hydroxyl groups excluding tert-OH is 1. The Morgan fingerprint density at radius 3 is 1.59 bits per heavy atom. The standard InChI is InChI=1S/C42H46N2O2/c1-32(42(46)43(3)33(2)41(45)39-22-14-7-15-23-39)28-40(29-34-24-26-38(27-25-34)37-20-12-6-13-21-37)44(30-35-16-8-4-9-17-35)31-36-18-10-5-11-19-36/h4-27,32-33,40-41,45H,28-31H2,1-3H3/t32-,33-,40?,41?/m1/s1. The van der Waals surface area contributed by atoms with Crippen LogP contribution in [0.3, 0.4) is 0 Å². The van der Waals surface area contributed by atoms with Gasteiger partial charge in [0.15, 0.2) is 0 Å². The van der Waals surface area contributed by atoms with E-state index in [1.807, 2.05) is 57.3 Å². The van der Waals surface area contributed by atoms with Crippen LogP contribution < -0.4 is 0 Å². The predicted octanol–water partition coefficient (Wildman–Crippen LogP) is 8.57. The van der Waals surface area contributed by atoms with Gasteiger partial charge < -0.3 is 10.0 Å². The molecule has 1 amide bonds. The van der Waals surface area contributed by atoms with E-state index in [1.54, 1.807) is 4.90 Å². The lowest BCUT2D eigenvalue weighted by Gasteiger charge is -2.36. The smallest absolute Gasteiger partial charge is 0.225 e. The van der Waals surface area contributed by atoms with Crippen molar-refractivity contribution in [2.75, 3.05) is 7.05 Å². The molecule has 4 nitrogen and oxygen atoms in total. The average molecular weight is 611 g/mol. The molecule has 0 aliphatic carbocycles. The van der Waals surface area contributed by atoms with Crippen LogP contribution in [0.5, 0.6) is 0 Å². The van der Waals surface area contributed by atoms with Crippen molar-refractivity contribution in [3.8, 4) is 11.1 Å². The molecule has 46 heavy (non-hydrogen) atoms. The lowest BCUT2D eigenvalue weighted by molar-refractivity contribution is -0.138. The van der Waals surface area contributed by atoms with E-state index >= 15 is 0 Å². The Hall–Kier alpha value is -4.51. The second kappa shape index (κ2) is 16.2. The molecule has 0 spiro atoms. The first-order valence-corrected chi connectivity index (χ1v) is 16.3. The minimum absolute atomic E-state index is 0.0475. The highest BCUT2D eigenvalue weighted by Crippen LogP contribution is 2.27. The number of rotatable bonds is 14. The molecule has 0 aliphatic heterocycles. The lowest BCUT2D eigenvalue weighted by Crippen LogP contribution is -2.44. The zero-order chi connectivity index (χ0) is 32.3. The number of amides is 1. The predicted molar refractivity (Wildman–Crippen MR) is 189 cm³/mol. The first-order chi connectivity index (χ1) is 22.4. The lowest BCUT2D eigenvalue weighted by atomic mass is 9.91. The van der Waals surface area contributed by atoms with Crippen molar-refractivity contribution in [3.63, 3.8) is 0 Å². The second-order valence-corrected chi connectivity index (χ2v) is 12.5. The van der Waals surface area contributed by atoms with Crippen LogP contribution in [0.1, 0.15) is 48.6 Å². The van der Waals surface area contributed by atoms with Gasteiger partial charge in [0.1, 0.15) is 0 Å². The third-order valence-electron chi connectivity index (χ3n) is 9.11. The van der Waals surface area contributed by atoms with E-state index in [-0.39, 0.29) is 23.9 Å². The van der Waals surface area contributed by atoms with Crippen molar-refractivity contribution in [1.82, 2.24) is 9.80 Å². The number of benzene rings is 5. The number of hydrogen-bond donors (Lipinski definition) is 1. The van der Waals surface area contributed by atoms with Crippen LogP contribution in [0.2, 0.25) is 0 Å². The normalized spacial score (nSPS) is 13.9. The molecule has 5 rings (SSSR count). The largest absolute Gasteiger partial charge is 0.386 e. The number of likely N-dealkylation sites (N-methyl/N-ethyl adjacent to an activating group) is 1. The van der Waals surface area contributed by atoms with Crippen molar-refractivity contribution < 1.29 is 9.90 Å². The molecular weight excluding hydrogens is 564 g/mol. The Kier molecular flexibility index (Phi) is 11.6. The molecule has 0 saturated heterocycles. The van der Waals surface area contributed by atoms with Gasteiger partial charge in [-0.1, -0.05) is 153 Å². The molecule has 5 aromatic rings. The zero-order valence-corrected chi connectivity index (χ0v) is 27.2. The number of hydrogen-bond acceptors (Lipinski definition) is 3. The second-order valence-electron chi connectivity index (χ2n) is 12.5. The Balaban J connectivity index is 1.40. The van der Waals surface area contributed by atoms with E-state index in [9.17, 15) is 9.90 Å². The maximum atomic E-state index is 13.9. The SMILES string of the molecule is C[C@H](CC(Cc1ccc(-c2ccccc2)cc1)N(Cc1ccccc1)Cc1ccccc1)C(=O)N(C)[C@H](C)C(O)c1ccccc1. The molecule has 0 aliphatic rings. The summed E-state index contributed by atoms with van der Waals surface area (Å²) in [5.74, 6) is -0.190. The first kappa shape index (κ1) is 32.9. The molecule has 0 heterocycles. The summed E-state index contributed by atoms with van der Waals surface area (Å²) in [4.78, 5) is 18.2. The number of aliphatic hydroxyl groups is 1. The first-order valence-electron chi connectivity index (χ1n) is 16.3. The fourth-order valence-corrected chi connectivity index (χ4v) is 6.25. The van der Waals surface area contributed by atoms with Gasteiger partial charge in [0.05, 0.1) is 12.1 Å². The van der Waals surface area contributed by atoms with Crippen molar-refractivity contribution in [2.45, 2.75) is 58.0 Å². The number of carbonyl (C=O) groups excluding carboxylic acids is 1. The molecule has 0 saturated carbocycles. The molecule has 0 radical (unpaired) electrons. The Bertz CT molecular complexity index is 1570. The fraction of sp³-hybridized carbons (Fsp3) is 0.262. The molecule has 1 N–H and O–H groups in total. The van der Waals surface area contributed by atoms with Crippen LogP contribution in [-0.4, -0.2) is 39.9 Å². The quantitative estimate of drug-likeness (QED) is 0.137. The van der Waals surface area contributed by atoms with Gasteiger partial charge in [0.2, 0.25) is 5.91 Å². The molecule has 2 unspecified atom stereocenters. The Morgan fingerprint density at radius 2 is 1.07 bits per heavy atom. The van der Waals surface area contributed by atoms with Crippen molar-refractivity contribution in [2.24, 2.45) is 5.92 Å². The van der Waals surface area contributed by atoms with Gasteiger partial charge in [-0.25, -0.2) is 0 Å². The van der Waals surface area contributed by atoms with Crippen LogP contribution in [-0.2, 0) is 24.3 Å². The molecule has 4 atom stereocenters. The summed E-state index contributed by atoms with van der Waals surface area (Å²) < 4.78 is 0. The summed E-state index contributed by atoms with van der Waals surface area (Å²) in [5.41, 5.74) is 6.96. The zero-order valence-electron chi connectivity index (χ0n) is 27.2. The minimum atomic E-state index is -0.756. The summed E-state index contributed by atoms with van der Waals surface area (Å²) in [6, 6.07) is 49.8. The van der Waals surface area contributed by atoms with E-state index in [4.69, 9.17) is 0 Å². The topological polar surface area (TPSA) is 43.8 Å². The van der Waals surface area contributed by atoms with E-state index in [1.165, 1.54) is 27.8 Å². The van der Waals surface area contributed by atoms with E-state index in [2.05, 4.69) is 114 Å². The van der Waals surface area contributed by atoms with E-state index in [0.717, 1.165) is 25.1 Å². The molecule has 0 bridgehead atoms. The highest BCUT2D eigenvalue weighted by Gasteiger charge is 2.30. The molecule has 5 aromatic carbocycles. The third-order valence-corrected chi connectivity index (χ3v) is 9.11. The summed E-state index contributed by atoms with van der Waals surface area (Å²) >= 11 is 0. The van der Waals surface area contributed by atoms with Crippen LogP contribution in [0.25, 0.3) is 11.1 Å².